The van der Waals surface area contributed by atoms with Crippen LogP contribution in [0.5, 0.6) is 0 Å². The smallest absolute Gasteiger partial charge is 0.253 e. The molecule has 0 radical (unpaired) electrons. The van der Waals surface area contributed by atoms with Crippen molar-refractivity contribution >= 4 is 38.5 Å². The lowest BCUT2D eigenvalue weighted by atomic mass is 9.81. The summed E-state index contributed by atoms with van der Waals surface area (Å²) in [5.74, 6) is 0.259. The van der Waals surface area contributed by atoms with E-state index in [-0.39, 0.29) is 33.3 Å². The molecule has 3 aliphatic rings. The van der Waals surface area contributed by atoms with Gasteiger partial charge in [0, 0.05) is 57.0 Å². The molecule has 0 aromatic heterocycles. The van der Waals surface area contributed by atoms with Crippen molar-refractivity contribution in [2.45, 2.75) is 25.7 Å². The van der Waals surface area contributed by atoms with Crippen molar-refractivity contribution in [3.8, 4) is 0 Å². The highest BCUT2D eigenvalue weighted by atomic mass is 32.8. The summed E-state index contributed by atoms with van der Waals surface area (Å²) in [5.41, 5.74) is 0. The van der Waals surface area contributed by atoms with Gasteiger partial charge in [0.2, 0.25) is 5.91 Å². The van der Waals surface area contributed by atoms with Crippen LogP contribution in [0, 0.1) is 11.8 Å². The minimum atomic E-state index is -0.210. The predicted octanol–water partition coefficient (Wildman–Crippen LogP) is 0.487. The Bertz CT molecular complexity index is 588. The maximum absolute atomic E-state index is 12.7. The standard InChI is InChI=1S/C17H25N3O3S2/c1-25(24)19-10-8-18(9-11-19)17(23)14-4-2-13(3-5-14)12-20-15(21)6-7-16(20)22/h6-7,13-14H,2-5,8-12H2,1H3. The average molecular weight is 384 g/mol. The molecule has 8 heteroatoms. The van der Waals surface area contributed by atoms with E-state index in [1.165, 1.54) is 17.1 Å². The number of hydrogen-bond donors (Lipinski definition) is 0. The fourth-order valence-electron chi connectivity index (χ4n) is 3.89. The highest BCUT2D eigenvalue weighted by Gasteiger charge is 2.33. The van der Waals surface area contributed by atoms with E-state index >= 15 is 0 Å². The molecule has 1 saturated carbocycles. The predicted molar refractivity (Wildman–Crippen MR) is 100 cm³/mol. The third-order valence-electron chi connectivity index (χ3n) is 5.45. The van der Waals surface area contributed by atoms with Crippen LogP contribution in [0.4, 0.5) is 0 Å². The molecule has 1 aliphatic carbocycles. The van der Waals surface area contributed by atoms with Gasteiger partial charge in [-0.2, -0.15) is 0 Å². The van der Waals surface area contributed by atoms with Crippen LogP contribution in [0.2, 0.25) is 0 Å². The number of nitrogens with zero attached hydrogens (tertiary/aromatic N) is 3. The van der Waals surface area contributed by atoms with Gasteiger partial charge in [-0.15, -0.1) is 0 Å². The molecule has 3 rings (SSSR count). The molecule has 25 heavy (non-hydrogen) atoms. The number of carbonyl (C=O) groups is 3. The van der Waals surface area contributed by atoms with Gasteiger partial charge >= 0.3 is 0 Å². The van der Waals surface area contributed by atoms with Crippen LogP contribution in [0.3, 0.4) is 0 Å². The highest BCUT2D eigenvalue weighted by molar-refractivity contribution is 8.27. The number of rotatable bonds is 4. The van der Waals surface area contributed by atoms with Crippen molar-refractivity contribution in [1.29, 1.82) is 0 Å². The quantitative estimate of drug-likeness (QED) is 0.661. The number of amides is 3. The van der Waals surface area contributed by atoms with Gasteiger partial charge in [-0.3, -0.25) is 19.3 Å². The largest absolute Gasteiger partial charge is 0.340 e. The molecule has 0 aromatic carbocycles. The van der Waals surface area contributed by atoms with Gasteiger partial charge in [0.05, 0.1) is 0 Å². The molecule has 1 saturated heterocycles. The Hall–Kier alpha value is -1.12. The Morgan fingerprint density at radius 1 is 1.08 bits per heavy atom. The highest BCUT2D eigenvalue weighted by Crippen LogP contribution is 2.31. The minimum Gasteiger partial charge on any atom is -0.340 e. The molecule has 1 atom stereocenters. The van der Waals surface area contributed by atoms with Gasteiger partial charge in [-0.1, -0.05) is 9.64 Å². The van der Waals surface area contributed by atoms with Crippen molar-refractivity contribution < 1.29 is 14.4 Å². The third kappa shape index (κ3) is 4.35. The minimum absolute atomic E-state index is 0.0919. The van der Waals surface area contributed by atoms with Gasteiger partial charge in [0.25, 0.3) is 11.8 Å². The first-order chi connectivity index (χ1) is 12.0. The molecule has 2 aliphatic heterocycles. The molecule has 2 heterocycles. The second-order valence-electron chi connectivity index (χ2n) is 7.02. The fourth-order valence-corrected chi connectivity index (χ4v) is 5.01. The van der Waals surface area contributed by atoms with Gasteiger partial charge in [0.15, 0.2) is 0 Å². The Kier molecular flexibility index (Phi) is 6.01. The lowest BCUT2D eigenvalue weighted by Crippen LogP contribution is -2.50. The molecule has 1 unspecified atom stereocenters. The van der Waals surface area contributed by atoms with E-state index in [0.717, 1.165) is 51.9 Å². The monoisotopic (exact) mass is 383 g/mol. The Labute approximate surface area is 155 Å². The van der Waals surface area contributed by atoms with Crippen LogP contribution in [-0.4, -0.2) is 70.8 Å². The van der Waals surface area contributed by atoms with Crippen LogP contribution >= 0.6 is 0 Å². The fraction of sp³-hybridized carbons (Fsp3) is 0.706. The summed E-state index contributed by atoms with van der Waals surface area (Å²) in [5, 5.41) is 0. The third-order valence-corrected chi connectivity index (χ3v) is 7.18. The van der Waals surface area contributed by atoms with Gasteiger partial charge < -0.3 is 4.90 Å². The van der Waals surface area contributed by atoms with E-state index in [4.69, 9.17) is 11.2 Å². The number of hydrogen-bond acceptors (Lipinski definition) is 4. The van der Waals surface area contributed by atoms with E-state index in [1.807, 2.05) is 11.2 Å². The molecule has 0 N–H and O–H groups in total. The summed E-state index contributed by atoms with van der Waals surface area (Å²) in [6.45, 7) is 3.78. The second-order valence-corrected chi connectivity index (χ2v) is 9.83. The second kappa shape index (κ2) is 8.05. The van der Waals surface area contributed by atoms with Gasteiger partial charge in [-0.25, -0.2) is 4.31 Å². The van der Waals surface area contributed by atoms with Crippen LogP contribution in [-0.2, 0) is 35.2 Å². The first-order valence-electron chi connectivity index (χ1n) is 8.86. The lowest BCUT2D eigenvalue weighted by Gasteiger charge is -2.38. The number of piperazine rings is 1. The molecule has 2 fully saturated rings. The van der Waals surface area contributed by atoms with E-state index < -0.39 is 0 Å². The summed E-state index contributed by atoms with van der Waals surface area (Å²) in [6, 6.07) is 0. The van der Waals surface area contributed by atoms with Crippen LogP contribution in [0.25, 0.3) is 0 Å². The van der Waals surface area contributed by atoms with Crippen molar-refractivity contribution in [3.63, 3.8) is 0 Å². The zero-order valence-corrected chi connectivity index (χ0v) is 16.2. The summed E-state index contributed by atoms with van der Waals surface area (Å²) < 4.78 is 2.26. The van der Waals surface area contributed by atoms with E-state index in [9.17, 15) is 14.4 Å². The summed E-state index contributed by atoms with van der Waals surface area (Å²) in [4.78, 5) is 39.4. The molecule has 0 aromatic rings. The lowest BCUT2D eigenvalue weighted by molar-refractivity contribution is -0.140. The molecular formula is C17H25N3O3S2. The van der Waals surface area contributed by atoms with E-state index in [1.54, 1.807) is 0 Å². The van der Waals surface area contributed by atoms with Crippen molar-refractivity contribution in [3.05, 3.63) is 12.2 Å². The number of imide groups is 1. The molecule has 3 amide bonds. The molecule has 6 nitrogen and oxygen atoms in total. The van der Waals surface area contributed by atoms with E-state index in [0.29, 0.717) is 12.5 Å². The zero-order chi connectivity index (χ0) is 18.0. The van der Waals surface area contributed by atoms with Crippen molar-refractivity contribution in [1.82, 2.24) is 14.1 Å². The molecule has 138 valence electrons. The van der Waals surface area contributed by atoms with Crippen LogP contribution in [0.1, 0.15) is 25.7 Å². The van der Waals surface area contributed by atoms with Crippen molar-refractivity contribution in [2.75, 3.05) is 39.0 Å². The summed E-state index contributed by atoms with van der Waals surface area (Å²) in [6.07, 6.45) is 8.22. The maximum Gasteiger partial charge on any atom is 0.253 e. The zero-order valence-electron chi connectivity index (χ0n) is 14.6. The molecular weight excluding hydrogens is 358 g/mol. The topological polar surface area (TPSA) is 60.9 Å². The number of carbonyl (C=O) groups excluding carboxylic acids is 3. The summed E-state index contributed by atoms with van der Waals surface area (Å²) >= 11 is 5.31. The Morgan fingerprint density at radius 3 is 2.16 bits per heavy atom. The first kappa shape index (κ1) is 18.7. The van der Waals surface area contributed by atoms with E-state index in [2.05, 4.69) is 4.31 Å². The van der Waals surface area contributed by atoms with Crippen LogP contribution in [0.15, 0.2) is 12.2 Å². The Balaban J connectivity index is 1.44. The Morgan fingerprint density at radius 2 is 1.64 bits per heavy atom. The molecule has 0 spiro atoms. The van der Waals surface area contributed by atoms with Crippen molar-refractivity contribution in [2.24, 2.45) is 11.8 Å². The first-order valence-corrected chi connectivity index (χ1v) is 11.4. The van der Waals surface area contributed by atoms with Crippen LogP contribution < -0.4 is 0 Å². The SMILES string of the molecule is CS(=S)N1CCN(C(=O)C2CCC(CN3C(=O)C=CC3=O)CC2)CC1. The summed E-state index contributed by atoms with van der Waals surface area (Å²) in [7, 11) is -0.134. The average Bonchev–Trinajstić information content (AvgIpc) is 2.94. The van der Waals surface area contributed by atoms with Gasteiger partial charge in [-0.05, 0) is 42.8 Å². The van der Waals surface area contributed by atoms with Gasteiger partial charge in [0.1, 0.15) is 0 Å². The normalized spacial score (nSPS) is 29.3. The maximum atomic E-state index is 12.7. The molecule has 0 bridgehead atoms.